The van der Waals surface area contributed by atoms with Crippen LogP contribution in [0, 0.1) is 13.8 Å². The first-order valence-corrected chi connectivity index (χ1v) is 7.81. The van der Waals surface area contributed by atoms with Crippen LogP contribution in [0.15, 0.2) is 48.5 Å². The number of ether oxygens (including phenoxy) is 1. The minimum Gasteiger partial charge on any atom is -0.445 e. The molecule has 0 unspecified atom stereocenters. The van der Waals surface area contributed by atoms with Crippen LogP contribution in [0.4, 0.5) is 10.5 Å². The molecule has 2 amide bonds. The summed E-state index contributed by atoms with van der Waals surface area (Å²) in [4.78, 5) is 24.0. The second-order valence-corrected chi connectivity index (χ2v) is 5.68. The van der Waals surface area contributed by atoms with Crippen molar-refractivity contribution in [2.24, 2.45) is 0 Å². The van der Waals surface area contributed by atoms with Crippen molar-refractivity contribution in [3.05, 3.63) is 65.2 Å². The number of alkyl carbamates (subject to hydrolysis) is 1. The van der Waals surface area contributed by atoms with E-state index < -0.39 is 12.1 Å². The van der Waals surface area contributed by atoms with E-state index in [2.05, 4.69) is 10.6 Å². The molecule has 0 fully saturated rings. The van der Waals surface area contributed by atoms with Crippen molar-refractivity contribution in [2.45, 2.75) is 33.4 Å². The lowest BCUT2D eigenvalue weighted by molar-refractivity contribution is -0.117. The molecule has 0 heterocycles. The molecular weight excluding hydrogens is 304 g/mol. The van der Waals surface area contributed by atoms with Gasteiger partial charge in [0, 0.05) is 5.69 Å². The van der Waals surface area contributed by atoms with Gasteiger partial charge in [0.1, 0.15) is 12.6 Å². The largest absolute Gasteiger partial charge is 0.445 e. The minimum absolute atomic E-state index is 0.165. The number of amides is 2. The van der Waals surface area contributed by atoms with Crippen LogP contribution < -0.4 is 10.6 Å². The fraction of sp³-hybridized carbons (Fsp3) is 0.263. The molecule has 0 aliphatic rings. The van der Waals surface area contributed by atoms with Crippen molar-refractivity contribution in [1.82, 2.24) is 5.32 Å². The Morgan fingerprint density at radius 1 is 1.00 bits per heavy atom. The predicted octanol–water partition coefficient (Wildman–Crippen LogP) is 3.56. The van der Waals surface area contributed by atoms with Crippen LogP contribution in [0.3, 0.4) is 0 Å². The van der Waals surface area contributed by atoms with Gasteiger partial charge in [-0.3, -0.25) is 4.79 Å². The van der Waals surface area contributed by atoms with Crippen molar-refractivity contribution < 1.29 is 14.3 Å². The van der Waals surface area contributed by atoms with E-state index in [1.54, 1.807) is 6.92 Å². The summed E-state index contributed by atoms with van der Waals surface area (Å²) in [5.41, 5.74) is 3.61. The van der Waals surface area contributed by atoms with Gasteiger partial charge in [-0.25, -0.2) is 4.79 Å². The van der Waals surface area contributed by atoms with Crippen LogP contribution in [0.1, 0.15) is 23.6 Å². The summed E-state index contributed by atoms with van der Waals surface area (Å²) in [6, 6.07) is 14.5. The number of nitrogens with one attached hydrogen (secondary N) is 2. The molecule has 2 aromatic carbocycles. The van der Waals surface area contributed by atoms with Gasteiger partial charge in [-0.05, 0) is 37.5 Å². The topological polar surface area (TPSA) is 67.4 Å². The highest BCUT2D eigenvalue weighted by Crippen LogP contribution is 2.19. The maximum atomic E-state index is 12.2. The summed E-state index contributed by atoms with van der Waals surface area (Å²) in [7, 11) is 0. The summed E-state index contributed by atoms with van der Waals surface area (Å²) in [5, 5.41) is 5.38. The van der Waals surface area contributed by atoms with Gasteiger partial charge in [-0.15, -0.1) is 0 Å². The average molecular weight is 326 g/mol. The molecule has 1 atom stereocenters. The smallest absolute Gasteiger partial charge is 0.408 e. The first kappa shape index (κ1) is 17.5. The summed E-state index contributed by atoms with van der Waals surface area (Å²) in [5.74, 6) is -0.288. The predicted molar refractivity (Wildman–Crippen MR) is 93.8 cm³/mol. The van der Waals surface area contributed by atoms with Gasteiger partial charge < -0.3 is 15.4 Å². The number of aryl methyl sites for hydroxylation is 2. The van der Waals surface area contributed by atoms with Crippen LogP contribution in [-0.4, -0.2) is 18.0 Å². The standard InChI is InChI=1S/C19H22N2O3/c1-13-8-7-9-14(2)17(13)21-18(22)15(3)20-19(23)24-12-16-10-5-4-6-11-16/h4-11,15H,12H2,1-3H3,(H,20,23)(H,21,22)/t15-/m1/s1. The van der Waals surface area contributed by atoms with Crippen LogP contribution in [0.2, 0.25) is 0 Å². The third-order valence-electron chi connectivity index (χ3n) is 3.67. The third-order valence-corrected chi connectivity index (χ3v) is 3.67. The lowest BCUT2D eigenvalue weighted by atomic mass is 10.1. The maximum absolute atomic E-state index is 12.2. The van der Waals surface area contributed by atoms with Gasteiger partial charge >= 0.3 is 6.09 Å². The van der Waals surface area contributed by atoms with E-state index in [0.717, 1.165) is 22.4 Å². The molecule has 5 heteroatoms. The zero-order valence-corrected chi connectivity index (χ0v) is 14.1. The summed E-state index contributed by atoms with van der Waals surface area (Å²) < 4.78 is 5.12. The molecule has 0 aliphatic heterocycles. The van der Waals surface area contributed by atoms with Gasteiger partial charge in [0.25, 0.3) is 0 Å². The van der Waals surface area contributed by atoms with E-state index in [4.69, 9.17) is 4.74 Å². The number of hydrogen-bond donors (Lipinski definition) is 2. The molecule has 0 spiro atoms. The molecule has 0 bridgehead atoms. The Kier molecular flexibility index (Phi) is 5.95. The molecule has 0 saturated carbocycles. The molecule has 126 valence electrons. The number of rotatable bonds is 5. The first-order valence-electron chi connectivity index (χ1n) is 7.81. The van der Waals surface area contributed by atoms with Gasteiger partial charge in [-0.2, -0.15) is 0 Å². The Hall–Kier alpha value is -2.82. The van der Waals surface area contributed by atoms with Crippen molar-refractivity contribution >= 4 is 17.7 Å². The monoisotopic (exact) mass is 326 g/mol. The van der Waals surface area contributed by atoms with E-state index in [1.165, 1.54) is 0 Å². The number of carbonyl (C=O) groups is 2. The van der Waals surface area contributed by atoms with Crippen molar-refractivity contribution in [1.29, 1.82) is 0 Å². The Bertz CT molecular complexity index is 694. The molecule has 2 aromatic rings. The number of carbonyl (C=O) groups excluding carboxylic acids is 2. The third kappa shape index (κ3) is 4.84. The summed E-state index contributed by atoms with van der Waals surface area (Å²) in [6.07, 6.45) is -0.622. The van der Waals surface area contributed by atoms with Gasteiger partial charge in [0.2, 0.25) is 5.91 Å². The fourth-order valence-corrected chi connectivity index (χ4v) is 2.25. The zero-order valence-electron chi connectivity index (χ0n) is 14.1. The molecule has 24 heavy (non-hydrogen) atoms. The minimum atomic E-state index is -0.702. The highest BCUT2D eigenvalue weighted by molar-refractivity contribution is 5.97. The fourth-order valence-electron chi connectivity index (χ4n) is 2.25. The van der Waals surface area contributed by atoms with Crippen LogP contribution in [0.25, 0.3) is 0 Å². The molecule has 0 saturated heterocycles. The SMILES string of the molecule is Cc1cccc(C)c1NC(=O)[C@@H](C)NC(=O)OCc1ccccc1. The number of hydrogen-bond acceptors (Lipinski definition) is 3. The molecule has 2 rings (SSSR count). The van der Waals surface area contributed by atoms with Crippen molar-refractivity contribution in [3.63, 3.8) is 0 Å². The maximum Gasteiger partial charge on any atom is 0.408 e. The quantitative estimate of drug-likeness (QED) is 0.883. The van der Waals surface area contributed by atoms with Crippen LogP contribution in [-0.2, 0) is 16.1 Å². The van der Waals surface area contributed by atoms with E-state index in [1.807, 2.05) is 62.4 Å². The second-order valence-electron chi connectivity index (χ2n) is 5.68. The average Bonchev–Trinajstić information content (AvgIpc) is 2.57. The van der Waals surface area contributed by atoms with E-state index in [-0.39, 0.29) is 12.5 Å². The first-order chi connectivity index (χ1) is 11.5. The van der Waals surface area contributed by atoms with Gasteiger partial charge in [0.05, 0.1) is 0 Å². The normalized spacial score (nSPS) is 11.5. The second kappa shape index (κ2) is 8.15. The number of benzene rings is 2. The van der Waals surface area contributed by atoms with E-state index >= 15 is 0 Å². The summed E-state index contributed by atoms with van der Waals surface area (Å²) >= 11 is 0. The highest BCUT2D eigenvalue weighted by Gasteiger charge is 2.17. The van der Waals surface area contributed by atoms with E-state index in [9.17, 15) is 9.59 Å². The molecule has 5 nitrogen and oxygen atoms in total. The molecule has 2 N–H and O–H groups in total. The molecular formula is C19H22N2O3. The Balaban J connectivity index is 1.86. The molecule has 0 aliphatic carbocycles. The lowest BCUT2D eigenvalue weighted by Gasteiger charge is -2.16. The van der Waals surface area contributed by atoms with Crippen LogP contribution >= 0.6 is 0 Å². The number of para-hydroxylation sites is 1. The lowest BCUT2D eigenvalue weighted by Crippen LogP contribution is -2.42. The van der Waals surface area contributed by atoms with Crippen molar-refractivity contribution in [3.8, 4) is 0 Å². The molecule has 0 radical (unpaired) electrons. The Labute approximate surface area is 142 Å². The Morgan fingerprint density at radius 3 is 2.25 bits per heavy atom. The molecule has 0 aromatic heterocycles. The summed E-state index contributed by atoms with van der Waals surface area (Å²) in [6.45, 7) is 5.63. The van der Waals surface area contributed by atoms with E-state index in [0.29, 0.717) is 0 Å². The number of anilines is 1. The highest BCUT2D eigenvalue weighted by atomic mass is 16.5. The van der Waals surface area contributed by atoms with Gasteiger partial charge in [-0.1, -0.05) is 48.5 Å². The van der Waals surface area contributed by atoms with Gasteiger partial charge in [0.15, 0.2) is 0 Å². The Morgan fingerprint density at radius 2 is 1.62 bits per heavy atom. The van der Waals surface area contributed by atoms with Crippen LogP contribution in [0.5, 0.6) is 0 Å². The van der Waals surface area contributed by atoms with Crippen molar-refractivity contribution in [2.75, 3.05) is 5.32 Å². The zero-order chi connectivity index (χ0) is 17.5.